The molecule has 0 bridgehead atoms. The normalized spacial score (nSPS) is 14.7. The van der Waals surface area contributed by atoms with E-state index in [4.69, 9.17) is 12.2 Å². The molecular formula is C18H20CuN4S+2. The van der Waals surface area contributed by atoms with E-state index in [-0.39, 0.29) is 17.1 Å². The van der Waals surface area contributed by atoms with Crippen LogP contribution in [-0.2, 0) is 17.1 Å². The summed E-state index contributed by atoms with van der Waals surface area (Å²) in [6, 6.07) is 15.9. The quantitative estimate of drug-likeness (QED) is 0.380. The van der Waals surface area contributed by atoms with E-state index < -0.39 is 0 Å². The molecule has 2 aromatic rings. The van der Waals surface area contributed by atoms with Gasteiger partial charge < -0.3 is 4.90 Å². The minimum absolute atomic E-state index is 0. The van der Waals surface area contributed by atoms with Crippen molar-refractivity contribution in [2.45, 2.75) is 19.3 Å². The summed E-state index contributed by atoms with van der Waals surface area (Å²) in [5.74, 6) is 0. The van der Waals surface area contributed by atoms with Crippen molar-refractivity contribution in [3.8, 4) is 0 Å². The fraction of sp³-hybridized carbons (Fsp3) is 0.278. The van der Waals surface area contributed by atoms with Crippen molar-refractivity contribution in [3.05, 3.63) is 66.0 Å². The number of hydrazone groups is 1. The second-order valence-corrected chi connectivity index (χ2v) is 5.89. The summed E-state index contributed by atoms with van der Waals surface area (Å²) in [5.41, 5.74) is 5.69. The van der Waals surface area contributed by atoms with Gasteiger partial charge in [-0.05, 0) is 43.6 Å². The zero-order valence-corrected chi connectivity index (χ0v) is 15.0. The Morgan fingerprint density at radius 3 is 2.38 bits per heavy atom. The van der Waals surface area contributed by atoms with E-state index in [1.165, 1.54) is 19.3 Å². The van der Waals surface area contributed by atoms with Gasteiger partial charge in [0, 0.05) is 24.8 Å². The minimum atomic E-state index is 0. The van der Waals surface area contributed by atoms with Crippen LogP contribution in [0.15, 0.2) is 59.8 Å². The van der Waals surface area contributed by atoms with Gasteiger partial charge in [0.05, 0.1) is 5.69 Å². The molecule has 0 spiro atoms. The van der Waals surface area contributed by atoms with Gasteiger partial charge in [0.1, 0.15) is 5.71 Å². The average molecular weight is 388 g/mol. The van der Waals surface area contributed by atoms with Gasteiger partial charge in [-0.15, -0.1) is 0 Å². The molecule has 1 N–H and O–H groups in total. The molecule has 0 saturated carbocycles. The Kier molecular flexibility index (Phi) is 7.37. The average Bonchev–Trinajstić information content (AvgIpc) is 2.64. The van der Waals surface area contributed by atoms with Crippen LogP contribution in [-0.4, -0.2) is 33.8 Å². The van der Waals surface area contributed by atoms with Crippen LogP contribution in [0, 0.1) is 0 Å². The molecule has 6 heteroatoms. The van der Waals surface area contributed by atoms with Crippen LogP contribution in [0.4, 0.5) is 0 Å². The maximum atomic E-state index is 5.48. The van der Waals surface area contributed by atoms with Crippen LogP contribution in [0.2, 0.25) is 0 Å². The molecule has 0 aliphatic carbocycles. The number of hydrogen-bond acceptors (Lipinski definition) is 3. The summed E-state index contributed by atoms with van der Waals surface area (Å²) in [6.07, 6.45) is 5.44. The van der Waals surface area contributed by atoms with Gasteiger partial charge in [-0.3, -0.25) is 10.4 Å². The molecule has 24 heavy (non-hydrogen) atoms. The van der Waals surface area contributed by atoms with Crippen LogP contribution >= 0.6 is 12.2 Å². The van der Waals surface area contributed by atoms with E-state index in [2.05, 4.69) is 20.4 Å². The fourth-order valence-corrected chi connectivity index (χ4v) is 2.87. The number of thiocarbonyl (C=S) groups is 1. The van der Waals surface area contributed by atoms with Crippen molar-refractivity contribution in [2.24, 2.45) is 5.10 Å². The summed E-state index contributed by atoms with van der Waals surface area (Å²) < 4.78 is 0. The fourth-order valence-electron chi connectivity index (χ4n) is 2.64. The second kappa shape index (κ2) is 9.52. The predicted molar refractivity (Wildman–Crippen MR) is 97.5 cm³/mol. The zero-order valence-electron chi connectivity index (χ0n) is 13.3. The van der Waals surface area contributed by atoms with E-state index in [1.54, 1.807) is 6.20 Å². The van der Waals surface area contributed by atoms with Crippen LogP contribution in [0.5, 0.6) is 0 Å². The van der Waals surface area contributed by atoms with E-state index >= 15 is 0 Å². The summed E-state index contributed by atoms with van der Waals surface area (Å²) in [7, 11) is 0. The molecule has 127 valence electrons. The minimum Gasteiger partial charge on any atom is -0.348 e. The molecule has 1 aromatic heterocycles. The third kappa shape index (κ3) is 4.87. The number of nitrogens with zero attached hydrogens (tertiary/aromatic N) is 3. The maximum absolute atomic E-state index is 5.48. The number of benzene rings is 1. The first-order valence-electron chi connectivity index (χ1n) is 7.94. The smallest absolute Gasteiger partial charge is 0.348 e. The number of pyridine rings is 1. The monoisotopic (exact) mass is 387 g/mol. The topological polar surface area (TPSA) is 40.5 Å². The van der Waals surface area contributed by atoms with Gasteiger partial charge in [0.25, 0.3) is 0 Å². The molecule has 0 unspecified atom stereocenters. The van der Waals surface area contributed by atoms with Gasteiger partial charge >= 0.3 is 17.1 Å². The van der Waals surface area contributed by atoms with Crippen molar-refractivity contribution in [3.63, 3.8) is 0 Å². The van der Waals surface area contributed by atoms with Gasteiger partial charge in [-0.1, -0.05) is 36.4 Å². The molecule has 1 saturated heterocycles. The molecule has 4 nitrogen and oxygen atoms in total. The number of aromatic nitrogens is 1. The maximum Gasteiger partial charge on any atom is 2.00 e. The molecule has 1 fully saturated rings. The second-order valence-electron chi connectivity index (χ2n) is 5.51. The molecule has 3 rings (SSSR count). The molecule has 1 aliphatic heterocycles. The van der Waals surface area contributed by atoms with Crippen LogP contribution in [0.1, 0.15) is 30.5 Å². The van der Waals surface area contributed by atoms with Gasteiger partial charge in [-0.25, -0.2) is 0 Å². The number of hydrogen-bond donors (Lipinski definition) is 1. The van der Waals surface area contributed by atoms with Crippen molar-refractivity contribution in [1.82, 2.24) is 15.3 Å². The summed E-state index contributed by atoms with van der Waals surface area (Å²) in [5, 5.41) is 5.25. The third-order valence-electron chi connectivity index (χ3n) is 3.86. The molecule has 1 aliphatic rings. The Morgan fingerprint density at radius 2 is 1.71 bits per heavy atom. The van der Waals surface area contributed by atoms with Crippen molar-refractivity contribution in [2.75, 3.05) is 13.1 Å². The molecule has 1 aromatic carbocycles. The Hall–Kier alpha value is -1.75. The summed E-state index contributed by atoms with van der Waals surface area (Å²) in [4.78, 5) is 6.60. The summed E-state index contributed by atoms with van der Waals surface area (Å²) >= 11 is 5.48. The van der Waals surface area contributed by atoms with Crippen LogP contribution in [0.25, 0.3) is 0 Å². The van der Waals surface area contributed by atoms with Crippen LogP contribution < -0.4 is 5.43 Å². The Balaban J connectivity index is 0.00000208. The van der Waals surface area contributed by atoms with E-state index in [9.17, 15) is 0 Å². The van der Waals surface area contributed by atoms with E-state index in [0.29, 0.717) is 5.11 Å². The number of nitrogens with one attached hydrogen (secondary N) is 1. The zero-order chi connectivity index (χ0) is 15.9. The number of likely N-dealkylation sites (tertiary alicyclic amines) is 1. The first-order valence-corrected chi connectivity index (χ1v) is 8.35. The van der Waals surface area contributed by atoms with Crippen molar-refractivity contribution >= 4 is 23.0 Å². The Bertz CT molecular complexity index is 628. The van der Waals surface area contributed by atoms with E-state index in [1.807, 2.05) is 48.5 Å². The molecule has 0 amide bonds. The number of rotatable bonds is 3. The Labute approximate surface area is 158 Å². The van der Waals surface area contributed by atoms with Crippen molar-refractivity contribution < 1.29 is 17.1 Å². The van der Waals surface area contributed by atoms with Gasteiger partial charge in [0.15, 0.2) is 5.11 Å². The molecule has 1 radical (unpaired) electrons. The third-order valence-corrected chi connectivity index (χ3v) is 4.21. The number of piperidine rings is 1. The van der Waals surface area contributed by atoms with Crippen molar-refractivity contribution in [1.29, 1.82) is 0 Å². The first-order chi connectivity index (χ1) is 11.3. The molecule has 2 heterocycles. The first kappa shape index (κ1) is 18.6. The standard InChI is InChI=1S/C18H20N4S.Cu/c23-18(22-13-7-2-8-14-22)21-20-17(15-9-3-1-4-10-15)16-11-5-6-12-19-16;/h1,3-6,9-12H,2,7-8,13-14H2,(H,21,23);/q;+2. The van der Waals surface area contributed by atoms with Crippen LogP contribution in [0.3, 0.4) is 0 Å². The molecule has 0 atom stereocenters. The Morgan fingerprint density at radius 1 is 1.00 bits per heavy atom. The predicted octanol–water partition coefficient (Wildman–Crippen LogP) is 3.19. The largest absolute Gasteiger partial charge is 2.00 e. The van der Waals surface area contributed by atoms with E-state index in [0.717, 1.165) is 30.1 Å². The van der Waals surface area contributed by atoms with Gasteiger partial charge in [-0.2, -0.15) is 5.10 Å². The summed E-state index contributed by atoms with van der Waals surface area (Å²) in [6.45, 7) is 2.01. The van der Waals surface area contributed by atoms with Gasteiger partial charge in [0.2, 0.25) is 0 Å². The molecular weight excluding hydrogens is 368 g/mol. The SMILES string of the molecule is S=C(NN=C(c1ccccc1)c1ccccn1)N1CCCCC1.[Cu+2].